The van der Waals surface area contributed by atoms with Gasteiger partial charge in [0.2, 0.25) is 5.91 Å². The first-order chi connectivity index (χ1) is 12.0. The van der Waals surface area contributed by atoms with Crippen LogP contribution in [0.4, 0.5) is 0 Å². The van der Waals surface area contributed by atoms with Crippen LogP contribution in [0.3, 0.4) is 0 Å². The monoisotopic (exact) mass is 361 g/mol. The predicted molar refractivity (Wildman–Crippen MR) is 95.9 cm³/mol. The molecule has 25 heavy (non-hydrogen) atoms. The van der Waals surface area contributed by atoms with Gasteiger partial charge in [-0.05, 0) is 35.7 Å². The molecule has 1 atom stereocenters. The molecule has 0 heterocycles. The number of carboxylic acid groups (broad SMARTS) is 1. The van der Waals surface area contributed by atoms with E-state index >= 15 is 0 Å². The summed E-state index contributed by atoms with van der Waals surface area (Å²) in [5.41, 5.74) is 1.64. The molecule has 0 saturated carbocycles. The molecule has 0 aliphatic heterocycles. The molecule has 0 fully saturated rings. The number of nitrogens with one attached hydrogen (secondary N) is 1. The lowest BCUT2D eigenvalue weighted by molar-refractivity contribution is -0.137. The number of halogens is 1. The number of hydrogen-bond acceptors (Lipinski definition) is 3. The van der Waals surface area contributed by atoms with Crippen molar-refractivity contribution in [2.24, 2.45) is 0 Å². The number of aliphatic carboxylic acids is 1. The van der Waals surface area contributed by atoms with Crippen LogP contribution in [-0.4, -0.2) is 24.1 Å². The van der Waals surface area contributed by atoms with Gasteiger partial charge in [0.1, 0.15) is 5.75 Å². The largest absolute Gasteiger partial charge is 0.496 e. The number of benzene rings is 2. The van der Waals surface area contributed by atoms with Gasteiger partial charge in [-0.1, -0.05) is 41.9 Å². The Kier molecular flexibility index (Phi) is 6.83. The minimum Gasteiger partial charge on any atom is -0.496 e. The number of para-hydroxylation sites is 1. The van der Waals surface area contributed by atoms with Crippen LogP contribution < -0.4 is 10.1 Å². The second kappa shape index (κ2) is 9.08. The minimum atomic E-state index is -0.982. The third-order valence-electron chi connectivity index (χ3n) is 3.80. The maximum absolute atomic E-state index is 12.3. The number of carboxylic acids is 1. The second-order valence-corrected chi connectivity index (χ2v) is 6.02. The van der Waals surface area contributed by atoms with Gasteiger partial charge in [0.15, 0.2) is 0 Å². The van der Waals surface area contributed by atoms with E-state index in [0.717, 1.165) is 11.3 Å². The summed E-state index contributed by atoms with van der Waals surface area (Å²) in [6.45, 7) is 0. The van der Waals surface area contributed by atoms with Crippen molar-refractivity contribution in [1.82, 2.24) is 5.32 Å². The van der Waals surface area contributed by atoms with Crippen molar-refractivity contribution in [3.63, 3.8) is 0 Å². The third kappa shape index (κ3) is 5.80. The Morgan fingerprint density at radius 3 is 2.48 bits per heavy atom. The summed E-state index contributed by atoms with van der Waals surface area (Å²) in [5, 5.41) is 12.4. The molecule has 2 aromatic rings. The topological polar surface area (TPSA) is 75.6 Å². The van der Waals surface area contributed by atoms with Crippen LogP contribution in [0.15, 0.2) is 48.5 Å². The first kappa shape index (κ1) is 18.8. The number of aryl methyl sites for hydroxylation is 1. The summed E-state index contributed by atoms with van der Waals surface area (Å²) >= 11 is 5.86. The molecular weight excluding hydrogens is 342 g/mol. The van der Waals surface area contributed by atoms with Crippen molar-refractivity contribution in [3.05, 3.63) is 64.7 Å². The first-order valence-corrected chi connectivity index (χ1v) is 8.26. The summed E-state index contributed by atoms with van der Waals surface area (Å²) in [7, 11) is 1.59. The highest BCUT2D eigenvalue weighted by atomic mass is 35.5. The Morgan fingerprint density at radius 2 is 1.84 bits per heavy atom. The molecule has 2 N–H and O–H groups in total. The quantitative estimate of drug-likeness (QED) is 0.753. The predicted octanol–water partition coefficient (Wildman–Crippen LogP) is 3.61. The maximum atomic E-state index is 12.3. The number of rotatable bonds is 8. The zero-order valence-electron chi connectivity index (χ0n) is 13.9. The van der Waals surface area contributed by atoms with Crippen molar-refractivity contribution >= 4 is 23.5 Å². The van der Waals surface area contributed by atoms with E-state index in [1.54, 1.807) is 31.4 Å². The maximum Gasteiger partial charge on any atom is 0.305 e. The molecule has 0 radical (unpaired) electrons. The van der Waals surface area contributed by atoms with E-state index < -0.39 is 12.0 Å². The lowest BCUT2D eigenvalue weighted by atomic mass is 10.0. The van der Waals surface area contributed by atoms with Crippen LogP contribution in [-0.2, 0) is 16.0 Å². The van der Waals surface area contributed by atoms with Crippen molar-refractivity contribution in [1.29, 1.82) is 0 Å². The van der Waals surface area contributed by atoms with Gasteiger partial charge in [-0.2, -0.15) is 0 Å². The molecule has 2 aromatic carbocycles. The van der Waals surface area contributed by atoms with E-state index in [9.17, 15) is 9.59 Å². The van der Waals surface area contributed by atoms with Crippen LogP contribution in [0.2, 0.25) is 5.02 Å². The SMILES string of the molecule is COc1ccccc1CCC(=O)N[C@@H](CC(=O)O)c1ccc(Cl)cc1. The first-order valence-electron chi connectivity index (χ1n) is 7.88. The average Bonchev–Trinajstić information content (AvgIpc) is 2.60. The van der Waals surface area contributed by atoms with E-state index in [1.807, 2.05) is 24.3 Å². The number of carbonyl (C=O) groups excluding carboxylic acids is 1. The Labute approximate surface area is 151 Å². The smallest absolute Gasteiger partial charge is 0.305 e. The zero-order chi connectivity index (χ0) is 18.2. The molecular formula is C19H20ClNO4. The molecule has 0 aliphatic rings. The summed E-state index contributed by atoms with van der Waals surface area (Å²) in [5.74, 6) is -0.466. The van der Waals surface area contributed by atoms with E-state index in [0.29, 0.717) is 17.0 Å². The molecule has 0 spiro atoms. The van der Waals surface area contributed by atoms with E-state index in [1.165, 1.54) is 0 Å². The van der Waals surface area contributed by atoms with Crippen LogP contribution in [0.5, 0.6) is 5.75 Å². The number of carbonyl (C=O) groups is 2. The molecule has 0 aromatic heterocycles. The molecule has 132 valence electrons. The Balaban J connectivity index is 2.01. The highest BCUT2D eigenvalue weighted by Crippen LogP contribution is 2.21. The van der Waals surface area contributed by atoms with Crippen LogP contribution in [0, 0.1) is 0 Å². The van der Waals surface area contributed by atoms with Gasteiger partial charge in [-0.25, -0.2) is 0 Å². The van der Waals surface area contributed by atoms with Gasteiger partial charge in [0.05, 0.1) is 19.6 Å². The number of amides is 1. The Morgan fingerprint density at radius 1 is 1.16 bits per heavy atom. The van der Waals surface area contributed by atoms with Crippen LogP contribution in [0.25, 0.3) is 0 Å². The number of ether oxygens (including phenoxy) is 1. The highest BCUT2D eigenvalue weighted by Gasteiger charge is 2.18. The summed E-state index contributed by atoms with van der Waals surface area (Å²) in [6, 6.07) is 13.7. The molecule has 0 bridgehead atoms. The molecule has 5 nitrogen and oxygen atoms in total. The molecule has 0 unspecified atom stereocenters. The number of hydrogen-bond donors (Lipinski definition) is 2. The van der Waals surface area contributed by atoms with Gasteiger partial charge in [-0.15, -0.1) is 0 Å². The van der Waals surface area contributed by atoms with E-state index in [2.05, 4.69) is 5.32 Å². The molecule has 6 heteroatoms. The second-order valence-electron chi connectivity index (χ2n) is 5.58. The number of methoxy groups -OCH3 is 1. The summed E-state index contributed by atoms with van der Waals surface area (Å²) < 4.78 is 5.27. The van der Waals surface area contributed by atoms with Gasteiger partial charge in [0, 0.05) is 11.4 Å². The minimum absolute atomic E-state index is 0.192. The lowest BCUT2D eigenvalue weighted by Gasteiger charge is -2.18. The lowest BCUT2D eigenvalue weighted by Crippen LogP contribution is -2.30. The van der Waals surface area contributed by atoms with E-state index in [-0.39, 0.29) is 18.7 Å². The average molecular weight is 362 g/mol. The molecule has 1 amide bonds. The third-order valence-corrected chi connectivity index (χ3v) is 4.05. The molecule has 0 saturated heterocycles. The highest BCUT2D eigenvalue weighted by molar-refractivity contribution is 6.30. The Bertz CT molecular complexity index is 730. The van der Waals surface area contributed by atoms with Gasteiger partial charge >= 0.3 is 5.97 Å². The van der Waals surface area contributed by atoms with Gasteiger partial charge in [0.25, 0.3) is 0 Å². The standard InChI is InChI=1S/C19H20ClNO4/c1-25-17-5-3-2-4-14(17)8-11-18(22)21-16(12-19(23)24)13-6-9-15(20)10-7-13/h2-7,9-10,16H,8,11-12H2,1H3,(H,21,22)(H,23,24)/t16-/m0/s1. The summed E-state index contributed by atoms with van der Waals surface area (Å²) in [4.78, 5) is 23.4. The Hall–Kier alpha value is -2.53. The zero-order valence-corrected chi connectivity index (χ0v) is 14.6. The van der Waals surface area contributed by atoms with E-state index in [4.69, 9.17) is 21.4 Å². The fourth-order valence-electron chi connectivity index (χ4n) is 2.55. The molecule has 2 rings (SSSR count). The van der Waals surface area contributed by atoms with Crippen LogP contribution >= 0.6 is 11.6 Å². The fraction of sp³-hybridized carbons (Fsp3) is 0.263. The van der Waals surface area contributed by atoms with Crippen LogP contribution in [0.1, 0.15) is 30.0 Å². The van der Waals surface area contributed by atoms with Crippen molar-refractivity contribution < 1.29 is 19.4 Å². The normalized spacial score (nSPS) is 11.6. The fourth-order valence-corrected chi connectivity index (χ4v) is 2.67. The van der Waals surface area contributed by atoms with Gasteiger partial charge in [-0.3, -0.25) is 9.59 Å². The van der Waals surface area contributed by atoms with Crippen molar-refractivity contribution in [2.45, 2.75) is 25.3 Å². The van der Waals surface area contributed by atoms with Crippen molar-refractivity contribution in [2.75, 3.05) is 7.11 Å². The van der Waals surface area contributed by atoms with Gasteiger partial charge < -0.3 is 15.2 Å². The van der Waals surface area contributed by atoms with Crippen molar-refractivity contribution in [3.8, 4) is 5.75 Å². The molecule has 0 aliphatic carbocycles. The summed E-state index contributed by atoms with van der Waals surface area (Å²) in [6.07, 6.45) is 0.558.